The maximum Gasteiger partial charge on any atom is 0.573 e. The third-order valence-electron chi connectivity index (χ3n) is 2.91. The number of rotatable bonds is 6. The third kappa shape index (κ3) is 5.65. The number of thioether (sulfide) groups is 1. The third-order valence-corrected chi connectivity index (χ3v) is 3.98. The monoisotopic (exact) mass is 391 g/mol. The van der Waals surface area contributed by atoms with Gasteiger partial charge in [-0.2, -0.15) is 5.10 Å². The number of carboxylic acid groups (broad SMARTS) is 1. The SMILES string of the molecule is COc1ccc(C=NN=C2NC(=O)C(CC(=O)O)S2)cc1OC(F)(F)F. The minimum atomic E-state index is -4.88. The maximum absolute atomic E-state index is 12.4. The summed E-state index contributed by atoms with van der Waals surface area (Å²) < 4.78 is 45.8. The Morgan fingerprint density at radius 3 is 2.77 bits per heavy atom. The first-order valence-corrected chi connectivity index (χ1v) is 7.80. The molecule has 0 saturated carbocycles. The van der Waals surface area contributed by atoms with E-state index in [9.17, 15) is 22.8 Å². The molecule has 140 valence electrons. The van der Waals surface area contributed by atoms with Crippen LogP contribution in [-0.4, -0.2) is 47.1 Å². The number of hydrogen-bond donors (Lipinski definition) is 2. The molecule has 1 atom stereocenters. The van der Waals surface area contributed by atoms with Crippen LogP contribution in [0.5, 0.6) is 11.5 Å². The van der Waals surface area contributed by atoms with Gasteiger partial charge < -0.3 is 19.9 Å². The molecule has 1 heterocycles. The van der Waals surface area contributed by atoms with Gasteiger partial charge in [0.05, 0.1) is 19.7 Å². The van der Waals surface area contributed by atoms with Gasteiger partial charge in [-0.3, -0.25) is 9.59 Å². The van der Waals surface area contributed by atoms with E-state index in [0.717, 1.165) is 24.0 Å². The van der Waals surface area contributed by atoms with Crippen LogP contribution >= 0.6 is 11.8 Å². The fourth-order valence-corrected chi connectivity index (χ4v) is 2.79. The van der Waals surface area contributed by atoms with Crippen LogP contribution in [0.2, 0.25) is 0 Å². The summed E-state index contributed by atoms with van der Waals surface area (Å²) in [5.41, 5.74) is 0.241. The van der Waals surface area contributed by atoms with Crippen LogP contribution in [0, 0.1) is 0 Å². The molecule has 2 rings (SSSR count). The zero-order valence-electron chi connectivity index (χ0n) is 13.1. The predicted octanol–water partition coefficient (Wildman–Crippen LogP) is 1.99. The average molecular weight is 391 g/mol. The van der Waals surface area contributed by atoms with Crippen LogP contribution in [0.25, 0.3) is 0 Å². The largest absolute Gasteiger partial charge is 0.573 e. The van der Waals surface area contributed by atoms with Crippen molar-refractivity contribution < 1.29 is 37.3 Å². The van der Waals surface area contributed by atoms with Gasteiger partial charge in [-0.1, -0.05) is 11.8 Å². The first kappa shape index (κ1) is 19.6. The molecule has 1 amide bonds. The molecule has 0 spiro atoms. The van der Waals surface area contributed by atoms with Gasteiger partial charge in [0.1, 0.15) is 5.25 Å². The highest BCUT2D eigenvalue weighted by molar-refractivity contribution is 8.15. The molecule has 1 unspecified atom stereocenters. The van der Waals surface area contributed by atoms with Gasteiger partial charge in [0, 0.05) is 0 Å². The molecule has 1 aliphatic heterocycles. The van der Waals surface area contributed by atoms with Crippen LogP contribution in [-0.2, 0) is 9.59 Å². The zero-order valence-corrected chi connectivity index (χ0v) is 13.9. The quantitative estimate of drug-likeness (QED) is 0.567. The number of carbonyl (C=O) groups is 2. The van der Waals surface area contributed by atoms with E-state index < -0.39 is 29.2 Å². The van der Waals surface area contributed by atoms with Gasteiger partial charge in [-0.05, 0) is 23.8 Å². The number of carbonyl (C=O) groups excluding carboxylic acids is 1. The van der Waals surface area contributed by atoms with Crippen molar-refractivity contribution >= 4 is 35.0 Å². The molecule has 8 nitrogen and oxygen atoms in total. The Balaban J connectivity index is 2.10. The smallest absolute Gasteiger partial charge is 0.493 e. The lowest BCUT2D eigenvalue weighted by atomic mass is 10.2. The van der Waals surface area contributed by atoms with Gasteiger partial charge in [-0.15, -0.1) is 18.3 Å². The summed E-state index contributed by atoms with van der Waals surface area (Å²) in [7, 11) is 1.20. The standard InChI is InChI=1S/C14H12F3N3O5S/c1-24-8-3-2-7(4-9(8)25-14(15,16)17)6-18-20-13-19-12(23)10(26-13)5-11(21)22/h2-4,6,10H,5H2,1H3,(H,21,22)(H,19,20,23). The Morgan fingerprint density at radius 2 is 2.15 bits per heavy atom. The normalized spacial score (nSPS) is 19.0. The van der Waals surface area contributed by atoms with Crippen LogP contribution in [0.1, 0.15) is 12.0 Å². The molecular weight excluding hydrogens is 379 g/mol. The van der Waals surface area contributed by atoms with Crippen molar-refractivity contribution in [2.24, 2.45) is 10.2 Å². The summed E-state index contributed by atoms with van der Waals surface area (Å²) >= 11 is 0.901. The number of aliphatic carboxylic acids is 1. The molecule has 1 saturated heterocycles. The molecule has 1 aliphatic rings. The van der Waals surface area contributed by atoms with Gasteiger partial charge in [0.15, 0.2) is 16.7 Å². The average Bonchev–Trinajstić information content (AvgIpc) is 2.85. The molecule has 26 heavy (non-hydrogen) atoms. The van der Waals surface area contributed by atoms with E-state index in [-0.39, 0.29) is 22.9 Å². The molecular formula is C14H12F3N3O5S. The first-order chi connectivity index (χ1) is 12.2. The van der Waals surface area contributed by atoms with E-state index in [1.165, 1.54) is 19.2 Å². The second-order valence-corrected chi connectivity index (χ2v) is 5.99. The topological polar surface area (TPSA) is 110 Å². The number of hydrogen-bond acceptors (Lipinski definition) is 7. The minimum absolute atomic E-state index is 0.0952. The van der Waals surface area contributed by atoms with E-state index in [2.05, 4.69) is 20.3 Å². The molecule has 12 heteroatoms. The Labute approximate surface area is 149 Å². The fraction of sp³-hybridized carbons (Fsp3) is 0.286. The predicted molar refractivity (Wildman–Crippen MR) is 86.5 cm³/mol. The molecule has 0 aromatic heterocycles. The molecule has 1 aromatic carbocycles. The molecule has 1 aromatic rings. The highest BCUT2D eigenvalue weighted by Gasteiger charge is 2.33. The number of methoxy groups -OCH3 is 1. The Morgan fingerprint density at radius 1 is 1.42 bits per heavy atom. The van der Waals surface area contributed by atoms with Crippen LogP contribution in [0.3, 0.4) is 0 Å². The number of amidine groups is 1. The van der Waals surface area contributed by atoms with Crippen molar-refractivity contribution in [1.29, 1.82) is 0 Å². The van der Waals surface area contributed by atoms with E-state index in [4.69, 9.17) is 9.84 Å². The molecule has 0 bridgehead atoms. The molecule has 0 aliphatic carbocycles. The van der Waals surface area contributed by atoms with Crippen LogP contribution in [0.4, 0.5) is 13.2 Å². The van der Waals surface area contributed by atoms with E-state index >= 15 is 0 Å². The number of benzene rings is 1. The molecule has 0 radical (unpaired) electrons. The highest BCUT2D eigenvalue weighted by atomic mass is 32.2. The van der Waals surface area contributed by atoms with Crippen molar-refractivity contribution in [2.45, 2.75) is 18.0 Å². The van der Waals surface area contributed by atoms with Crippen molar-refractivity contribution in [3.8, 4) is 11.5 Å². The van der Waals surface area contributed by atoms with Crippen LogP contribution in [0.15, 0.2) is 28.4 Å². The van der Waals surface area contributed by atoms with E-state index in [0.29, 0.717) is 0 Å². The van der Waals surface area contributed by atoms with Gasteiger partial charge in [0.25, 0.3) is 0 Å². The Bertz CT molecular complexity index is 767. The Hall–Kier alpha value is -2.76. The minimum Gasteiger partial charge on any atom is -0.493 e. The van der Waals surface area contributed by atoms with Crippen molar-refractivity contribution in [1.82, 2.24) is 5.32 Å². The Kier molecular flexibility index (Phi) is 6.08. The number of ether oxygens (including phenoxy) is 2. The van der Waals surface area contributed by atoms with Crippen LogP contribution < -0.4 is 14.8 Å². The number of amides is 1. The lowest BCUT2D eigenvalue weighted by molar-refractivity contribution is -0.275. The molecule has 2 N–H and O–H groups in total. The summed E-state index contributed by atoms with van der Waals surface area (Å²) in [6, 6.07) is 3.76. The van der Waals surface area contributed by atoms with Crippen molar-refractivity contribution in [3.05, 3.63) is 23.8 Å². The second-order valence-electron chi connectivity index (χ2n) is 4.80. The summed E-state index contributed by atoms with van der Waals surface area (Å²) in [6.07, 6.45) is -4.10. The number of carboxylic acids is 1. The zero-order chi connectivity index (χ0) is 19.3. The highest BCUT2D eigenvalue weighted by Crippen LogP contribution is 2.32. The number of nitrogens with zero attached hydrogens (tertiary/aromatic N) is 2. The number of alkyl halides is 3. The maximum atomic E-state index is 12.4. The van der Waals surface area contributed by atoms with Gasteiger partial charge in [0.2, 0.25) is 5.91 Å². The van der Waals surface area contributed by atoms with Gasteiger partial charge in [-0.25, -0.2) is 0 Å². The summed E-state index contributed by atoms with van der Waals surface area (Å²) in [6.45, 7) is 0. The van der Waals surface area contributed by atoms with Gasteiger partial charge >= 0.3 is 12.3 Å². The lowest BCUT2D eigenvalue weighted by Crippen LogP contribution is -2.26. The van der Waals surface area contributed by atoms with E-state index in [1.54, 1.807) is 0 Å². The second kappa shape index (κ2) is 8.08. The van der Waals surface area contributed by atoms with E-state index in [1.807, 2.05) is 0 Å². The molecule has 1 fully saturated rings. The fourth-order valence-electron chi connectivity index (χ4n) is 1.87. The first-order valence-electron chi connectivity index (χ1n) is 6.92. The van der Waals surface area contributed by atoms with Crippen molar-refractivity contribution in [3.63, 3.8) is 0 Å². The lowest BCUT2D eigenvalue weighted by Gasteiger charge is -2.12. The summed E-state index contributed by atoms with van der Waals surface area (Å²) in [5, 5.41) is 17.7. The summed E-state index contributed by atoms with van der Waals surface area (Å²) in [5.74, 6) is -2.28. The number of halogens is 3. The van der Waals surface area contributed by atoms with Crippen molar-refractivity contribution in [2.75, 3.05) is 7.11 Å². The summed E-state index contributed by atoms with van der Waals surface area (Å²) in [4.78, 5) is 22.2. The number of nitrogens with one attached hydrogen (secondary N) is 1.